The monoisotopic (exact) mass is 372 g/mol. The van der Waals surface area contributed by atoms with Gasteiger partial charge in [0.2, 0.25) is 0 Å². The average Bonchev–Trinajstić information content (AvgIpc) is 3.23. The summed E-state index contributed by atoms with van der Waals surface area (Å²) in [7, 11) is 3.27. The van der Waals surface area contributed by atoms with Gasteiger partial charge in [0.25, 0.3) is 0 Å². The van der Waals surface area contributed by atoms with Gasteiger partial charge in [-0.2, -0.15) is 0 Å². The largest absolute Gasteiger partial charge is 0.383 e. The minimum Gasteiger partial charge on any atom is -0.383 e. The lowest BCUT2D eigenvalue weighted by atomic mass is 9.80. The number of hydrogen-bond acceptors (Lipinski definition) is 4. The van der Waals surface area contributed by atoms with Gasteiger partial charge in [-0.25, -0.2) is 9.78 Å². The lowest BCUT2D eigenvalue weighted by Gasteiger charge is -2.31. The van der Waals surface area contributed by atoms with Crippen molar-refractivity contribution in [1.29, 1.82) is 0 Å². The highest BCUT2D eigenvalue weighted by Crippen LogP contribution is 2.39. The molecule has 1 aromatic carbocycles. The maximum Gasteiger partial charge on any atom is 0.322 e. The van der Waals surface area contributed by atoms with E-state index < -0.39 is 0 Å². The number of benzene rings is 1. The first-order valence-corrected chi connectivity index (χ1v) is 9.39. The minimum absolute atomic E-state index is 0.124. The van der Waals surface area contributed by atoms with Crippen molar-refractivity contribution in [2.75, 3.05) is 45.4 Å². The Labute approximate surface area is 160 Å². The summed E-state index contributed by atoms with van der Waals surface area (Å²) >= 11 is 0. The molecule has 2 aromatic rings. The van der Waals surface area contributed by atoms with Crippen molar-refractivity contribution in [3.63, 3.8) is 0 Å². The number of hydrogen-bond donors (Lipinski definition) is 2. The van der Waals surface area contributed by atoms with Crippen LogP contribution in [0.5, 0.6) is 0 Å². The normalized spacial score (nSPS) is 16.0. The third-order valence-corrected chi connectivity index (χ3v) is 5.01. The van der Waals surface area contributed by atoms with E-state index in [2.05, 4.69) is 21.4 Å². The molecule has 0 spiro atoms. The summed E-state index contributed by atoms with van der Waals surface area (Å²) in [5, 5.41) is 2.93. The van der Waals surface area contributed by atoms with Crippen LogP contribution in [-0.4, -0.2) is 56.5 Å². The quantitative estimate of drug-likeness (QED) is 0.698. The Bertz CT molecular complexity index is 733. The number of anilines is 1. The van der Waals surface area contributed by atoms with Gasteiger partial charge < -0.3 is 19.8 Å². The van der Waals surface area contributed by atoms with E-state index in [1.165, 1.54) is 11.1 Å². The van der Waals surface area contributed by atoms with Crippen molar-refractivity contribution in [2.45, 2.75) is 25.2 Å². The van der Waals surface area contributed by atoms with Gasteiger partial charge in [0, 0.05) is 44.3 Å². The number of carbonyl (C=O) groups is 1. The zero-order valence-corrected chi connectivity index (χ0v) is 16.0. The van der Waals surface area contributed by atoms with Crippen molar-refractivity contribution in [3.05, 3.63) is 47.5 Å². The van der Waals surface area contributed by atoms with E-state index in [1.807, 2.05) is 18.3 Å². The van der Waals surface area contributed by atoms with Gasteiger partial charge in [0.15, 0.2) is 0 Å². The van der Waals surface area contributed by atoms with Crippen molar-refractivity contribution in [2.24, 2.45) is 0 Å². The number of urea groups is 1. The van der Waals surface area contributed by atoms with Crippen LogP contribution in [-0.2, 0) is 15.9 Å². The second kappa shape index (κ2) is 9.53. The zero-order chi connectivity index (χ0) is 19.1. The van der Waals surface area contributed by atoms with Crippen molar-refractivity contribution >= 4 is 11.7 Å². The Morgan fingerprint density at radius 1 is 1.33 bits per heavy atom. The van der Waals surface area contributed by atoms with Crippen LogP contribution in [0.4, 0.5) is 10.5 Å². The maximum atomic E-state index is 12.8. The molecule has 1 atom stereocenters. The first-order valence-electron chi connectivity index (χ1n) is 9.39. The van der Waals surface area contributed by atoms with Crippen LogP contribution in [0.25, 0.3) is 0 Å². The smallest absolute Gasteiger partial charge is 0.322 e. The number of aromatic amines is 1. The number of nitrogens with zero attached hydrogens (tertiary/aromatic N) is 2. The van der Waals surface area contributed by atoms with Crippen LogP contribution in [0.3, 0.4) is 0 Å². The minimum atomic E-state index is -0.124. The lowest BCUT2D eigenvalue weighted by molar-refractivity contribution is 0.193. The Balaban J connectivity index is 1.91. The third-order valence-electron chi connectivity index (χ3n) is 5.01. The molecule has 0 aliphatic heterocycles. The van der Waals surface area contributed by atoms with Crippen LogP contribution in [0.2, 0.25) is 0 Å². The van der Waals surface area contributed by atoms with E-state index in [0.29, 0.717) is 26.3 Å². The Morgan fingerprint density at radius 3 is 2.93 bits per heavy atom. The molecule has 3 rings (SSSR count). The molecule has 0 saturated heterocycles. The molecule has 0 radical (unpaired) electrons. The van der Waals surface area contributed by atoms with Crippen LogP contribution in [0.1, 0.15) is 35.6 Å². The molecule has 146 valence electrons. The van der Waals surface area contributed by atoms with E-state index in [-0.39, 0.29) is 11.9 Å². The van der Waals surface area contributed by atoms with Crippen LogP contribution < -0.4 is 10.2 Å². The highest BCUT2D eigenvalue weighted by Gasteiger charge is 2.27. The molecule has 1 unspecified atom stereocenters. The highest BCUT2D eigenvalue weighted by atomic mass is 16.5. The number of H-pyrrole nitrogens is 1. The van der Waals surface area contributed by atoms with E-state index in [0.717, 1.165) is 30.6 Å². The number of imidazole rings is 1. The second-order valence-electron chi connectivity index (χ2n) is 6.67. The van der Waals surface area contributed by atoms with E-state index in [1.54, 1.807) is 25.4 Å². The molecule has 7 heteroatoms. The summed E-state index contributed by atoms with van der Waals surface area (Å²) in [6.07, 6.45) is 6.74. The molecule has 0 saturated carbocycles. The molecule has 0 fully saturated rings. The summed E-state index contributed by atoms with van der Waals surface area (Å²) in [4.78, 5) is 22.0. The third kappa shape index (κ3) is 4.48. The fourth-order valence-electron chi connectivity index (χ4n) is 3.73. The number of nitrogens with one attached hydrogen (secondary N) is 2. The molecule has 2 N–H and O–H groups in total. The van der Waals surface area contributed by atoms with Crippen LogP contribution >= 0.6 is 0 Å². The number of carbonyl (C=O) groups excluding carboxylic acids is 1. The Kier molecular flexibility index (Phi) is 6.84. The molecule has 0 bridgehead atoms. The van der Waals surface area contributed by atoms with E-state index in [4.69, 9.17) is 9.47 Å². The van der Waals surface area contributed by atoms with Gasteiger partial charge >= 0.3 is 6.03 Å². The fourth-order valence-corrected chi connectivity index (χ4v) is 3.73. The Hall–Kier alpha value is -2.38. The first-order chi connectivity index (χ1) is 13.3. The molecule has 1 aromatic heterocycles. The molecule has 1 aliphatic carbocycles. The molecular formula is C20H28N4O3. The second-order valence-corrected chi connectivity index (χ2v) is 6.67. The number of amides is 2. The van der Waals surface area contributed by atoms with Gasteiger partial charge in [-0.15, -0.1) is 0 Å². The van der Waals surface area contributed by atoms with Gasteiger partial charge in [-0.05, 0) is 36.5 Å². The summed E-state index contributed by atoms with van der Waals surface area (Å²) in [5.74, 6) is 0.289. The highest BCUT2D eigenvalue weighted by molar-refractivity contribution is 5.93. The Morgan fingerprint density at radius 2 is 2.19 bits per heavy atom. The first kappa shape index (κ1) is 19.4. The fraction of sp³-hybridized carbons (Fsp3) is 0.500. The van der Waals surface area contributed by atoms with Crippen molar-refractivity contribution in [1.82, 2.24) is 15.3 Å². The number of aromatic nitrogens is 2. The zero-order valence-electron chi connectivity index (χ0n) is 16.0. The van der Waals surface area contributed by atoms with Crippen LogP contribution in [0.15, 0.2) is 30.7 Å². The number of ether oxygens (including phenoxy) is 2. The molecule has 7 nitrogen and oxygen atoms in total. The van der Waals surface area contributed by atoms with E-state index >= 15 is 0 Å². The SMILES string of the molecule is COCCNC(=O)N(CCOC)c1cccc2c1CCCC2c1cnc[nH]1. The number of methoxy groups -OCH3 is 2. The maximum absolute atomic E-state index is 12.8. The molecule has 1 heterocycles. The summed E-state index contributed by atoms with van der Waals surface area (Å²) in [6, 6.07) is 6.10. The topological polar surface area (TPSA) is 79.5 Å². The molecule has 2 amide bonds. The van der Waals surface area contributed by atoms with Gasteiger partial charge in [-0.3, -0.25) is 4.90 Å². The van der Waals surface area contributed by atoms with E-state index in [9.17, 15) is 4.79 Å². The van der Waals surface area contributed by atoms with Gasteiger partial charge in [0.1, 0.15) is 0 Å². The van der Waals surface area contributed by atoms with Gasteiger partial charge in [-0.1, -0.05) is 12.1 Å². The van der Waals surface area contributed by atoms with Gasteiger partial charge in [0.05, 0.1) is 26.1 Å². The van der Waals surface area contributed by atoms with Crippen molar-refractivity contribution in [3.8, 4) is 0 Å². The van der Waals surface area contributed by atoms with Crippen LogP contribution in [0, 0.1) is 0 Å². The van der Waals surface area contributed by atoms with Crippen molar-refractivity contribution < 1.29 is 14.3 Å². The standard InChI is InChI=1S/C20H28N4O3/c1-26-11-9-22-20(25)24(10-12-27-2)19-8-4-5-15-16(6-3-7-17(15)19)18-13-21-14-23-18/h4-5,8,13-14,16H,3,6-7,9-12H2,1-2H3,(H,21,23)(H,22,25). The summed E-state index contributed by atoms with van der Waals surface area (Å²) < 4.78 is 10.3. The number of fused-ring (bicyclic) bond motifs is 1. The molecular weight excluding hydrogens is 344 g/mol. The molecule has 27 heavy (non-hydrogen) atoms. The predicted molar refractivity (Wildman–Crippen MR) is 104 cm³/mol. The summed E-state index contributed by atoms with van der Waals surface area (Å²) in [6.45, 7) is 1.94. The molecule has 1 aliphatic rings. The lowest BCUT2D eigenvalue weighted by Crippen LogP contribution is -2.43. The average molecular weight is 372 g/mol. The number of rotatable bonds is 8. The summed E-state index contributed by atoms with van der Waals surface area (Å²) in [5.41, 5.74) is 4.60. The predicted octanol–water partition coefficient (Wildman–Crippen LogP) is 2.69.